The number of rotatable bonds is 3. The number of halogens is 1. The molecule has 31 heavy (non-hydrogen) atoms. The van der Waals surface area contributed by atoms with E-state index in [0.29, 0.717) is 35.7 Å². The molecule has 1 N–H and O–H groups in total. The van der Waals surface area contributed by atoms with Crippen LogP contribution >= 0.6 is 11.6 Å². The van der Waals surface area contributed by atoms with E-state index in [-0.39, 0.29) is 23.3 Å². The molecule has 2 aromatic rings. The molecule has 1 aliphatic carbocycles. The van der Waals surface area contributed by atoms with Gasteiger partial charge in [-0.3, -0.25) is 14.5 Å². The second kappa shape index (κ2) is 7.46. The third-order valence-electron chi connectivity index (χ3n) is 5.91. The summed E-state index contributed by atoms with van der Waals surface area (Å²) in [7, 11) is 0. The summed E-state index contributed by atoms with van der Waals surface area (Å²) >= 11 is 6.13. The summed E-state index contributed by atoms with van der Waals surface area (Å²) in [5.41, 5.74) is 0.359. The summed E-state index contributed by atoms with van der Waals surface area (Å²) in [6.07, 6.45) is 2.80. The molecule has 1 fully saturated rings. The lowest BCUT2D eigenvalue weighted by Crippen LogP contribution is -2.61. The largest absolute Gasteiger partial charge is 0.454 e. The van der Waals surface area contributed by atoms with Gasteiger partial charge in [0.2, 0.25) is 6.79 Å². The van der Waals surface area contributed by atoms with Gasteiger partial charge >= 0.3 is 5.97 Å². The van der Waals surface area contributed by atoms with Gasteiger partial charge < -0.3 is 19.5 Å². The van der Waals surface area contributed by atoms with E-state index >= 15 is 0 Å². The molecule has 5 rings (SSSR count). The minimum Gasteiger partial charge on any atom is -0.454 e. The van der Waals surface area contributed by atoms with E-state index in [9.17, 15) is 14.4 Å². The monoisotopic (exact) mass is 442 g/mol. The minimum absolute atomic E-state index is 0.0184. The first-order chi connectivity index (χ1) is 15.0. The molecule has 0 bridgehead atoms. The van der Waals surface area contributed by atoms with Crippen LogP contribution in [0, 0.1) is 0 Å². The van der Waals surface area contributed by atoms with Gasteiger partial charge in [0.25, 0.3) is 11.8 Å². The third-order valence-corrected chi connectivity index (χ3v) is 6.19. The van der Waals surface area contributed by atoms with Crippen LogP contribution in [-0.4, -0.2) is 36.7 Å². The Bertz CT molecular complexity index is 1100. The van der Waals surface area contributed by atoms with Crippen molar-refractivity contribution in [2.75, 3.05) is 23.6 Å². The Morgan fingerprint density at radius 2 is 1.94 bits per heavy atom. The SMILES string of the molecule is O=C(OCC(=O)N1c2ccccc2NC(=O)C12CCCC2)c1cc(Cl)c2c(c1)OCO2. The first-order valence-corrected chi connectivity index (χ1v) is 10.4. The van der Waals surface area contributed by atoms with E-state index in [2.05, 4.69) is 5.32 Å². The maximum Gasteiger partial charge on any atom is 0.338 e. The number of nitrogens with zero attached hydrogens (tertiary/aromatic N) is 1. The van der Waals surface area contributed by atoms with Gasteiger partial charge in [-0.05, 0) is 37.1 Å². The second-order valence-electron chi connectivity index (χ2n) is 7.71. The molecule has 2 aromatic carbocycles. The number of amides is 2. The Kier molecular flexibility index (Phi) is 4.74. The van der Waals surface area contributed by atoms with Crippen LogP contribution in [0.4, 0.5) is 11.4 Å². The predicted octanol–water partition coefficient (Wildman–Crippen LogP) is 3.52. The number of ether oxygens (including phenoxy) is 3. The van der Waals surface area contributed by atoms with Gasteiger partial charge in [-0.2, -0.15) is 0 Å². The highest BCUT2D eigenvalue weighted by Gasteiger charge is 2.52. The van der Waals surface area contributed by atoms with E-state index in [1.807, 2.05) is 0 Å². The summed E-state index contributed by atoms with van der Waals surface area (Å²) in [4.78, 5) is 40.3. The number of hydrogen-bond acceptors (Lipinski definition) is 6. The van der Waals surface area contributed by atoms with Crippen molar-refractivity contribution < 1.29 is 28.6 Å². The lowest BCUT2D eigenvalue weighted by Gasteiger charge is -2.44. The highest BCUT2D eigenvalue weighted by atomic mass is 35.5. The predicted molar refractivity (Wildman–Crippen MR) is 112 cm³/mol. The number of benzene rings is 2. The maximum absolute atomic E-state index is 13.3. The number of para-hydroxylation sites is 2. The molecule has 3 aliphatic rings. The van der Waals surface area contributed by atoms with E-state index in [4.69, 9.17) is 25.8 Å². The number of esters is 1. The van der Waals surface area contributed by atoms with Crippen molar-refractivity contribution in [2.45, 2.75) is 31.2 Å². The standard InChI is InChI=1S/C22H19ClN2O6/c23-14-9-13(10-17-19(14)31-12-30-17)20(27)29-11-18(26)25-16-6-2-1-5-15(16)24-21(28)22(25)7-3-4-8-22/h1-2,5-6,9-10H,3-4,7-8,11-12H2,(H,24,28). The fourth-order valence-corrected chi connectivity index (χ4v) is 4.75. The van der Waals surface area contributed by atoms with Crippen molar-refractivity contribution in [2.24, 2.45) is 0 Å². The van der Waals surface area contributed by atoms with Crippen molar-refractivity contribution in [3.63, 3.8) is 0 Å². The van der Waals surface area contributed by atoms with E-state index < -0.39 is 24.0 Å². The third kappa shape index (κ3) is 3.18. The van der Waals surface area contributed by atoms with Crippen molar-refractivity contribution in [3.8, 4) is 11.5 Å². The number of fused-ring (bicyclic) bond motifs is 2. The van der Waals surface area contributed by atoms with Crippen LogP contribution in [-0.2, 0) is 14.3 Å². The Morgan fingerprint density at radius 1 is 1.16 bits per heavy atom. The van der Waals surface area contributed by atoms with Crippen LogP contribution in [0.5, 0.6) is 11.5 Å². The molecule has 2 aliphatic heterocycles. The summed E-state index contributed by atoms with van der Waals surface area (Å²) in [5, 5.41) is 3.14. The molecule has 160 valence electrons. The number of carbonyl (C=O) groups is 3. The average molecular weight is 443 g/mol. The average Bonchev–Trinajstić information content (AvgIpc) is 3.43. The van der Waals surface area contributed by atoms with Gasteiger partial charge in [-0.25, -0.2) is 4.79 Å². The first-order valence-electron chi connectivity index (χ1n) is 9.99. The fraction of sp³-hybridized carbons (Fsp3) is 0.318. The van der Waals surface area contributed by atoms with Crippen LogP contribution in [0.15, 0.2) is 36.4 Å². The van der Waals surface area contributed by atoms with E-state index in [1.54, 1.807) is 24.3 Å². The van der Waals surface area contributed by atoms with Gasteiger partial charge in [0.1, 0.15) is 5.54 Å². The zero-order valence-corrected chi connectivity index (χ0v) is 17.2. The lowest BCUT2D eigenvalue weighted by atomic mass is 9.90. The number of nitrogens with one attached hydrogen (secondary N) is 1. The van der Waals surface area contributed by atoms with E-state index in [0.717, 1.165) is 12.8 Å². The zero-order chi connectivity index (χ0) is 21.6. The summed E-state index contributed by atoms with van der Waals surface area (Å²) in [6.45, 7) is -0.487. The van der Waals surface area contributed by atoms with Crippen LogP contribution in [0.1, 0.15) is 36.0 Å². The smallest absolute Gasteiger partial charge is 0.338 e. The summed E-state index contributed by atoms with van der Waals surface area (Å²) in [6, 6.07) is 9.99. The number of carbonyl (C=O) groups excluding carboxylic acids is 3. The molecular weight excluding hydrogens is 424 g/mol. The van der Waals surface area contributed by atoms with Crippen molar-refractivity contribution >= 4 is 40.8 Å². The number of hydrogen-bond donors (Lipinski definition) is 1. The van der Waals surface area contributed by atoms with Gasteiger partial charge in [0.05, 0.1) is 22.0 Å². The van der Waals surface area contributed by atoms with Crippen LogP contribution in [0.25, 0.3) is 0 Å². The minimum atomic E-state index is -0.958. The van der Waals surface area contributed by atoms with Gasteiger partial charge in [-0.15, -0.1) is 0 Å². The molecule has 8 nitrogen and oxygen atoms in total. The van der Waals surface area contributed by atoms with Crippen LogP contribution < -0.4 is 19.7 Å². The fourth-order valence-electron chi connectivity index (χ4n) is 4.49. The molecule has 1 spiro atoms. The van der Waals surface area contributed by atoms with Gasteiger partial charge in [0.15, 0.2) is 18.1 Å². The lowest BCUT2D eigenvalue weighted by molar-refractivity contribution is -0.129. The molecule has 0 saturated heterocycles. The molecular formula is C22H19ClN2O6. The molecule has 2 heterocycles. The molecule has 9 heteroatoms. The topological polar surface area (TPSA) is 94.2 Å². The Balaban J connectivity index is 1.39. The van der Waals surface area contributed by atoms with E-state index in [1.165, 1.54) is 17.0 Å². The highest BCUT2D eigenvalue weighted by Crippen LogP contribution is 2.45. The Hall–Kier alpha value is -3.26. The molecule has 0 radical (unpaired) electrons. The Labute approximate surface area is 183 Å². The van der Waals surface area contributed by atoms with Crippen molar-refractivity contribution in [1.82, 2.24) is 0 Å². The van der Waals surface area contributed by atoms with Crippen LogP contribution in [0.2, 0.25) is 5.02 Å². The van der Waals surface area contributed by atoms with Gasteiger partial charge in [0, 0.05) is 0 Å². The molecule has 0 atom stereocenters. The quantitative estimate of drug-likeness (QED) is 0.731. The molecule has 0 unspecified atom stereocenters. The first kappa shape index (κ1) is 19.7. The highest BCUT2D eigenvalue weighted by molar-refractivity contribution is 6.32. The molecule has 2 amide bonds. The second-order valence-corrected chi connectivity index (χ2v) is 8.11. The summed E-state index contributed by atoms with van der Waals surface area (Å²) in [5.74, 6) is -0.662. The van der Waals surface area contributed by atoms with Crippen molar-refractivity contribution in [1.29, 1.82) is 0 Å². The molecule has 1 saturated carbocycles. The van der Waals surface area contributed by atoms with Crippen LogP contribution in [0.3, 0.4) is 0 Å². The van der Waals surface area contributed by atoms with Gasteiger partial charge in [-0.1, -0.05) is 36.6 Å². The zero-order valence-electron chi connectivity index (χ0n) is 16.5. The normalized spacial score (nSPS) is 18.0. The number of anilines is 2. The summed E-state index contributed by atoms with van der Waals surface area (Å²) < 4.78 is 15.8. The maximum atomic E-state index is 13.3. The van der Waals surface area contributed by atoms with Crippen molar-refractivity contribution in [3.05, 3.63) is 47.0 Å². The Morgan fingerprint density at radius 3 is 2.74 bits per heavy atom. The molecule has 0 aromatic heterocycles.